The van der Waals surface area contributed by atoms with Crippen LogP contribution in [0.2, 0.25) is 20.1 Å². The van der Waals surface area contributed by atoms with Gasteiger partial charge in [-0.15, -0.1) is 0 Å². The quantitative estimate of drug-likeness (QED) is 0.559. The van der Waals surface area contributed by atoms with E-state index in [1.807, 2.05) is 0 Å². The van der Waals surface area contributed by atoms with E-state index in [2.05, 4.69) is 10.6 Å². The lowest BCUT2D eigenvalue weighted by Crippen LogP contribution is -2.44. The Kier molecular flexibility index (Phi) is 9.17. The average molecular weight is 480 g/mol. The molecule has 0 fully saturated rings. The molecule has 2 aromatic rings. The second-order valence-corrected chi connectivity index (χ2v) is 7.69. The van der Waals surface area contributed by atoms with Crippen molar-refractivity contribution in [3.05, 3.63) is 56.5 Å². The number of halogens is 4. The normalized spacial score (nSPS) is 11.5. The van der Waals surface area contributed by atoms with E-state index in [0.29, 0.717) is 31.6 Å². The van der Waals surface area contributed by atoms with Gasteiger partial charge in [-0.25, -0.2) is 0 Å². The molecule has 0 aliphatic heterocycles. The molecule has 2 N–H and O–H groups in total. The van der Waals surface area contributed by atoms with E-state index >= 15 is 0 Å². The highest BCUT2D eigenvalue weighted by Gasteiger charge is 2.12. The number of benzene rings is 2. The molecule has 2 rings (SSSR count). The zero-order chi connectivity index (χ0) is 21.4. The highest BCUT2D eigenvalue weighted by molar-refractivity contribution is 6.36. The first-order chi connectivity index (χ1) is 13.7. The minimum atomic E-state index is -0.360. The van der Waals surface area contributed by atoms with Crippen LogP contribution in [0.3, 0.4) is 0 Å². The van der Waals surface area contributed by atoms with Gasteiger partial charge in [0.05, 0.1) is 10.0 Å². The van der Waals surface area contributed by atoms with Gasteiger partial charge in [0, 0.05) is 22.6 Å². The molecule has 0 aliphatic rings. The van der Waals surface area contributed by atoms with Crippen LogP contribution >= 0.6 is 46.4 Å². The lowest BCUT2D eigenvalue weighted by molar-refractivity contribution is -0.125. The highest BCUT2D eigenvalue weighted by Crippen LogP contribution is 2.28. The summed E-state index contributed by atoms with van der Waals surface area (Å²) in [5.41, 5.74) is 0. The topological polar surface area (TPSA) is 76.7 Å². The lowest BCUT2D eigenvalue weighted by atomic mass is 10.3. The fourth-order valence-electron chi connectivity index (χ4n) is 2.16. The van der Waals surface area contributed by atoms with Gasteiger partial charge in [0.15, 0.2) is 13.2 Å². The van der Waals surface area contributed by atoms with E-state index < -0.39 is 0 Å². The van der Waals surface area contributed by atoms with Gasteiger partial charge in [-0.1, -0.05) is 46.4 Å². The van der Waals surface area contributed by atoms with E-state index in [4.69, 9.17) is 55.9 Å². The fourth-order valence-corrected chi connectivity index (χ4v) is 3.08. The molecule has 0 aliphatic carbocycles. The van der Waals surface area contributed by atoms with Crippen molar-refractivity contribution < 1.29 is 19.1 Å². The zero-order valence-corrected chi connectivity index (χ0v) is 18.3. The van der Waals surface area contributed by atoms with Crippen LogP contribution in [0.25, 0.3) is 0 Å². The van der Waals surface area contributed by atoms with E-state index in [0.717, 1.165) is 0 Å². The molecule has 6 nitrogen and oxygen atoms in total. The first-order valence-electron chi connectivity index (χ1n) is 8.46. The van der Waals surface area contributed by atoms with Gasteiger partial charge >= 0.3 is 0 Å². The van der Waals surface area contributed by atoms with Crippen molar-refractivity contribution in [2.24, 2.45) is 0 Å². The summed E-state index contributed by atoms with van der Waals surface area (Å²) >= 11 is 23.6. The molecule has 0 heterocycles. The van der Waals surface area contributed by atoms with Gasteiger partial charge < -0.3 is 20.1 Å². The summed E-state index contributed by atoms with van der Waals surface area (Å²) in [5, 5.41) is 6.92. The zero-order valence-electron chi connectivity index (χ0n) is 15.3. The Hall–Kier alpha value is -1.86. The maximum Gasteiger partial charge on any atom is 0.258 e. The largest absolute Gasteiger partial charge is 0.482 e. The highest BCUT2D eigenvalue weighted by atomic mass is 35.5. The van der Waals surface area contributed by atoms with Crippen molar-refractivity contribution in [3.8, 4) is 11.5 Å². The molecule has 1 atom stereocenters. The number of amides is 2. The van der Waals surface area contributed by atoms with E-state index in [9.17, 15) is 9.59 Å². The van der Waals surface area contributed by atoms with Crippen LogP contribution in [0.5, 0.6) is 11.5 Å². The third-order valence-corrected chi connectivity index (χ3v) is 4.58. The molecular weight excluding hydrogens is 462 g/mol. The van der Waals surface area contributed by atoms with Crippen LogP contribution in [0.4, 0.5) is 0 Å². The minimum Gasteiger partial charge on any atom is -0.482 e. The summed E-state index contributed by atoms with van der Waals surface area (Å²) in [7, 11) is 0. The Labute approximate surface area is 188 Å². The van der Waals surface area contributed by atoms with E-state index in [1.165, 1.54) is 12.1 Å². The summed E-state index contributed by atoms with van der Waals surface area (Å²) in [6, 6.07) is 9.09. The monoisotopic (exact) mass is 478 g/mol. The second kappa shape index (κ2) is 11.4. The summed E-state index contributed by atoms with van der Waals surface area (Å²) in [4.78, 5) is 23.8. The lowest BCUT2D eigenvalue weighted by Gasteiger charge is -2.16. The number of ether oxygens (including phenoxy) is 2. The molecule has 29 heavy (non-hydrogen) atoms. The number of hydrogen-bond acceptors (Lipinski definition) is 4. The molecule has 0 aromatic heterocycles. The summed E-state index contributed by atoms with van der Waals surface area (Å²) in [6.07, 6.45) is 0. The summed E-state index contributed by atoms with van der Waals surface area (Å²) in [6.45, 7) is 1.51. The Morgan fingerprint density at radius 3 is 1.83 bits per heavy atom. The minimum absolute atomic E-state index is 0.212. The molecule has 0 saturated carbocycles. The van der Waals surface area contributed by atoms with Crippen molar-refractivity contribution in [2.75, 3.05) is 19.8 Å². The third kappa shape index (κ3) is 8.19. The number of rotatable bonds is 9. The number of nitrogens with one attached hydrogen (secondary N) is 2. The van der Waals surface area contributed by atoms with Crippen molar-refractivity contribution in [3.63, 3.8) is 0 Å². The van der Waals surface area contributed by atoms with Gasteiger partial charge in [-0.2, -0.15) is 0 Å². The first kappa shape index (κ1) is 23.4. The SMILES string of the molecule is C[C@@H](CNC(=O)COc1ccc(Cl)cc1Cl)NC(=O)COc1ccc(Cl)cc1Cl. The Bertz CT molecular complexity index is 879. The van der Waals surface area contributed by atoms with Crippen LogP contribution < -0.4 is 20.1 Å². The van der Waals surface area contributed by atoms with Crippen molar-refractivity contribution in [2.45, 2.75) is 13.0 Å². The van der Waals surface area contributed by atoms with Crippen molar-refractivity contribution >= 4 is 58.2 Å². The first-order valence-corrected chi connectivity index (χ1v) is 9.97. The maximum atomic E-state index is 12.0. The van der Waals surface area contributed by atoms with Crippen molar-refractivity contribution in [1.29, 1.82) is 0 Å². The molecular formula is C19H18Cl4N2O4. The molecule has 0 radical (unpaired) electrons. The van der Waals surface area contributed by atoms with Crippen LogP contribution in [0.15, 0.2) is 36.4 Å². The van der Waals surface area contributed by atoms with Gasteiger partial charge in [0.25, 0.3) is 11.8 Å². The van der Waals surface area contributed by atoms with Crippen LogP contribution in [-0.2, 0) is 9.59 Å². The van der Waals surface area contributed by atoms with Crippen molar-refractivity contribution in [1.82, 2.24) is 10.6 Å². The molecule has 2 amide bonds. The van der Waals surface area contributed by atoms with Gasteiger partial charge in [0.1, 0.15) is 11.5 Å². The molecule has 0 bridgehead atoms. The smallest absolute Gasteiger partial charge is 0.258 e. The second-order valence-electron chi connectivity index (χ2n) is 6.00. The van der Waals surface area contributed by atoms with Gasteiger partial charge in [0.2, 0.25) is 0 Å². The van der Waals surface area contributed by atoms with Gasteiger partial charge in [-0.3, -0.25) is 9.59 Å². The standard InChI is InChI=1S/C19H18Cl4N2O4/c1-11(25-19(27)10-29-17-5-3-13(21)7-15(17)23)8-24-18(26)9-28-16-4-2-12(20)6-14(16)22/h2-7,11H,8-10H2,1H3,(H,24,26)(H,25,27)/t11-/m0/s1. The van der Waals surface area contributed by atoms with Crippen LogP contribution in [0.1, 0.15) is 6.92 Å². The summed E-state index contributed by atoms with van der Waals surface area (Å²) in [5.74, 6) is -0.0148. The fraction of sp³-hybridized carbons (Fsp3) is 0.263. The number of carbonyl (C=O) groups excluding carboxylic acids is 2. The molecule has 0 saturated heterocycles. The molecule has 2 aromatic carbocycles. The van der Waals surface area contributed by atoms with E-state index in [1.54, 1.807) is 31.2 Å². The molecule has 0 unspecified atom stereocenters. The molecule has 10 heteroatoms. The average Bonchev–Trinajstić information content (AvgIpc) is 2.65. The summed E-state index contributed by atoms with van der Waals surface area (Å²) < 4.78 is 10.7. The van der Waals surface area contributed by atoms with E-state index in [-0.39, 0.29) is 37.6 Å². The number of carbonyl (C=O) groups is 2. The number of hydrogen-bond donors (Lipinski definition) is 2. The van der Waals surface area contributed by atoms with Crippen LogP contribution in [-0.4, -0.2) is 37.6 Å². The maximum absolute atomic E-state index is 12.0. The third-order valence-electron chi connectivity index (χ3n) is 3.52. The Morgan fingerprint density at radius 1 is 0.862 bits per heavy atom. The molecule has 156 valence electrons. The molecule has 0 spiro atoms. The Balaban J connectivity index is 1.68. The Morgan fingerprint density at radius 2 is 1.34 bits per heavy atom. The van der Waals surface area contributed by atoms with Crippen LogP contribution in [0, 0.1) is 0 Å². The van der Waals surface area contributed by atoms with Gasteiger partial charge in [-0.05, 0) is 43.3 Å². The predicted molar refractivity (Wildman–Crippen MR) is 115 cm³/mol. The predicted octanol–water partition coefficient (Wildman–Crippen LogP) is 4.38.